The smallest absolute Gasteiger partial charge is 0.241 e. The molecule has 21 heavy (non-hydrogen) atoms. The third-order valence-electron chi connectivity index (χ3n) is 3.36. The van der Waals surface area contributed by atoms with E-state index in [-0.39, 0.29) is 12.4 Å². The molecule has 2 heterocycles. The molecule has 0 aliphatic carbocycles. The van der Waals surface area contributed by atoms with E-state index in [4.69, 9.17) is 16.1 Å². The summed E-state index contributed by atoms with van der Waals surface area (Å²) in [6.45, 7) is 5.86. The van der Waals surface area contributed by atoms with Crippen molar-refractivity contribution in [2.75, 3.05) is 19.6 Å². The Morgan fingerprint density at radius 2 is 2.33 bits per heavy atom. The fraction of sp³-hybridized carbons (Fsp3) is 0.429. The summed E-state index contributed by atoms with van der Waals surface area (Å²) in [4.78, 5) is 6.76. The fourth-order valence-corrected chi connectivity index (χ4v) is 2.60. The Kier molecular flexibility index (Phi) is 5.58. The van der Waals surface area contributed by atoms with Gasteiger partial charge in [0.05, 0.1) is 6.54 Å². The van der Waals surface area contributed by atoms with Crippen LogP contribution < -0.4 is 5.32 Å². The summed E-state index contributed by atoms with van der Waals surface area (Å²) >= 11 is 5.97. The van der Waals surface area contributed by atoms with E-state index in [1.807, 2.05) is 24.3 Å². The molecular formula is C14H18Cl2N4O. The Morgan fingerprint density at radius 3 is 3.10 bits per heavy atom. The Morgan fingerprint density at radius 1 is 1.48 bits per heavy atom. The molecule has 1 fully saturated rings. The third-order valence-corrected chi connectivity index (χ3v) is 3.60. The lowest BCUT2D eigenvalue weighted by atomic mass is 10.2. The second-order valence-corrected chi connectivity index (χ2v) is 5.55. The standard InChI is InChI=1S/C14H17ClN4O.ClH/c1-10-8-19(6-5-16-10)9-13-17-14(18-20-13)11-3-2-4-12(15)7-11;/h2-4,7,10,16H,5-6,8-9H2,1H3;1H. The van der Waals surface area contributed by atoms with Gasteiger partial charge in [-0.15, -0.1) is 12.4 Å². The number of rotatable bonds is 3. The van der Waals surface area contributed by atoms with Gasteiger partial charge in [-0.05, 0) is 19.1 Å². The maximum Gasteiger partial charge on any atom is 0.241 e. The highest BCUT2D eigenvalue weighted by molar-refractivity contribution is 6.30. The minimum Gasteiger partial charge on any atom is -0.338 e. The van der Waals surface area contributed by atoms with Crippen LogP contribution in [0.4, 0.5) is 0 Å². The normalized spacial score (nSPS) is 19.2. The van der Waals surface area contributed by atoms with E-state index in [0.717, 1.165) is 25.2 Å². The predicted molar refractivity (Wildman–Crippen MR) is 84.7 cm³/mol. The molecule has 5 nitrogen and oxygen atoms in total. The maximum absolute atomic E-state index is 5.97. The van der Waals surface area contributed by atoms with Crippen LogP contribution in [0.2, 0.25) is 5.02 Å². The predicted octanol–water partition coefficient (Wildman–Crippen LogP) is 2.61. The second kappa shape index (κ2) is 7.22. The molecule has 3 rings (SSSR count). The van der Waals surface area contributed by atoms with Crippen molar-refractivity contribution in [2.24, 2.45) is 0 Å². The summed E-state index contributed by atoms with van der Waals surface area (Å²) in [6.07, 6.45) is 0. The number of hydrogen-bond acceptors (Lipinski definition) is 5. The molecule has 0 radical (unpaired) electrons. The molecule has 1 aliphatic rings. The Hall–Kier alpha value is -1.14. The molecule has 2 aromatic rings. The molecule has 1 atom stereocenters. The van der Waals surface area contributed by atoms with Crippen molar-refractivity contribution < 1.29 is 4.52 Å². The molecule has 0 amide bonds. The molecule has 1 saturated heterocycles. The molecule has 1 unspecified atom stereocenters. The van der Waals surface area contributed by atoms with Crippen molar-refractivity contribution >= 4 is 24.0 Å². The highest BCUT2D eigenvalue weighted by Crippen LogP contribution is 2.20. The van der Waals surface area contributed by atoms with E-state index in [9.17, 15) is 0 Å². The van der Waals surface area contributed by atoms with E-state index in [0.29, 0.717) is 29.3 Å². The van der Waals surface area contributed by atoms with Gasteiger partial charge in [0, 0.05) is 36.3 Å². The van der Waals surface area contributed by atoms with E-state index in [1.165, 1.54) is 0 Å². The van der Waals surface area contributed by atoms with Gasteiger partial charge in [-0.1, -0.05) is 28.9 Å². The van der Waals surface area contributed by atoms with E-state index in [2.05, 4.69) is 27.3 Å². The van der Waals surface area contributed by atoms with Gasteiger partial charge in [0.15, 0.2) is 0 Å². The number of nitrogens with zero attached hydrogens (tertiary/aromatic N) is 3. The molecule has 0 bridgehead atoms. The van der Waals surface area contributed by atoms with Crippen molar-refractivity contribution in [3.05, 3.63) is 35.2 Å². The maximum atomic E-state index is 5.97. The summed E-state index contributed by atoms with van der Waals surface area (Å²) in [5.41, 5.74) is 0.876. The zero-order valence-electron chi connectivity index (χ0n) is 11.8. The molecule has 0 saturated carbocycles. The summed E-state index contributed by atoms with van der Waals surface area (Å²) in [6, 6.07) is 7.97. The van der Waals surface area contributed by atoms with Crippen LogP contribution >= 0.6 is 24.0 Å². The van der Waals surface area contributed by atoms with Crippen LogP contribution in [-0.4, -0.2) is 40.7 Å². The van der Waals surface area contributed by atoms with Crippen LogP contribution in [-0.2, 0) is 6.54 Å². The van der Waals surface area contributed by atoms with Crippen molar-refractivity contribution in [3.8, 4) is 11.4 Å². The first-order valence-electron chi connectivity index (χ1n) is 6.75. The lowest BCUT2D eigenvalue weighted by Crippen LogP contribution is -2.48. The van der Waals surface area contributed by atoms with Gasteiger partial charge >= 0.3 is 0 Å². The number of halogens is 2. The Bertz CT molecular complexity index is 590. The van der Waals surface area contributed by atoms with Crippen LogP contribution in [0.15, 0.2) is 28.8 Å². The lowest BCUT2D eigenvalue weighted by molar-refractivity contribution is 0.177. The Balaban J connectivity index is 0.00000161. The van der Waals surface area contributed by atoms with Crippen LogP contribution in [0, 0.1) is 0 Å². The third kappa shape index (κ3) is 4.17. The van der Waals surface area contributed by atoms with Gasteiger partial charge in [0.2, 0.25) is 11.7 Å². The average molecular weight is 329 g/mol. The molecule has 7 heteroatoms. The van der Waals surface area contributed by atoms with E-state index >= 15 is 0 Å². The minimum atomic E-state index is 0. The van der Waals surface area contributed by atoms with E-state index < -0.39 is 0 Å². The molecule has 114 valence electrons. The number of benzene rings is 1. The largest absolute Gasteiger partial charge is 0.338 e. The molecule has 1 aromatic heterocycles. The number of piperazine rings is 1. The first-order chi connectivity index (χ1) is 9.70. The van der Waals surface area contributed by atoms with Gasteiger partial charge in [0.25, 0.3) is 0 Å². The van der Waals surface area contributed by atoms with Gasteiger partial charge in [-0.25, -0.2) is 0 Å². The zero-order chi connectivity index (χ0) is 13.9. The molecule has 1 N–H and O–H groups in total. The van der Waals surface area contributed by atoms with Gasteiger partial charge in [0.1, 0.15) is 0 Å². The Labute approximate surface area is 135 Å². The highest BCUT2D eigenvalue weighted by atomic mass is 35.5. The van der Waals surface area contributed by atoms with Crippen molar-refractivity contribution in [1.82, 2.24) is 20.4 Å². The monoisotopic (exact) mass is 328 g/mol. The van der Waals surface area contributed by atoms with Gasteiger partial charge in [-0.2, -0.15) is 4.98 Å². The minimum absolute atomic E-state index is 0. The van der Waals surface area contributed by atoms with Crippen LogP contribution in [0.1, 0.15) is 12.8 Å². The van der Waals surface area contributed by atoms with Crippen molar-refractivity contribution in [2.45, 2.75) is 19.5 Å². The van der Waals surface area contributed by atoms with Crippen molar-refractivity contribution in [3.63, 3.8) is 0 Å². The van der Waals surface area contributed by atoms with Crippen LogP contribution in [0.25, 0.3) is 11.4 Å². The summed E-state index contributed by atoms with van der Waals surface area (Å²) in [5, 5.41) is 8.11. The number of hydrogen-bond donors (Lipinski definition) is 1. The molecule has 1 aliphatic heterocycles. The zero-order valence-corrected chi connectivity index (χ0v) is 13.3. The molecule has 0 spiro atoms. The SMILES string of the molecule is CC1CN(Cc2nc(-c3cccc(Cl)c3)no2)CCN1.Cl. The van der Waals surface area contributed by atoms with Crippen LogP contribution in [0.3, 0.4) is 0 Å². The average Bonchev–Trinajstić information content (AvgIpc) is 2.87. The van der Waals surface area contributed by atoms with Crippen molar-refractivity contribution in [1.29, 1.82) is 0 Å². The molecular weight excluding hydrogens is 311 g/mol. The first kappa shape index (κ1) is 16.2. The van der Waals surface area contributed by atoms with Gasteiger partial charge in [-0.3, -0.25) is 4.90 Å². The summed E-state index contributed by atoms with van der Waals surface area (Å²) in [7, 11) is 0. The topological polar surface area (TPSA) is 54.2 Å². The highest BCUT2D eigenvalue weighted by Gasteiger charge is 2.18. The fourth-order valence-electron chi connectivity index (χ4n) is 2.41. The summed E-state index contributed by atoms with van der Waals surface area (Å²) < 4.78 is 5.33. The van der Waals surface area contributed by atoms with E-state index in [1.54, 1.807) is 0 Å². The second-order valence-electron chi connectivity index (χ2n) is 5.11. The number of nitrogens with one attached hydrogen (secondary N) is 1. The first-order valence-corrected chi connectivity index (χ1v) is 7.13. The summed E-state index contributed by atoms with van der Waals surface area (Å²) in [5.74, 6) is 1.24. The van der Waals surface area contributed by atoms with Crippen LogP contribution in [0.5, 0.6) is 0 Å². The molecule has 1 aromatic carbocycles. The van der Waals surface area contributed by atoms with Gasteiger partial charge < -0.3 is 9.84 Å². The quantitative estimate of drug-likeness (QED) is 0.938. The lowest BCUT2D eigenvalue weighted by Gasteiger charge is -2.30. The number of aromatic nitrogens is 2.